The molecular formula is C13H9F2N5O. The number of carbonyl (C=O) groups excluding carboxylic acids is 1. The second kappa shape index (κ2) is 4.82. The number of carbonyl (C=O) groups is 1. The van der Waals surface area contributed by atoms with E-state index in [1.807, 2.05) is 0 Å². The van der Waals surface area contributed by atoms with E-state index < -0.39 is 17.5 Å². The van der Waals surface area contributed by atoms with E-state index >= 15 is 0 Å². The van der Waals surface area contributed by atoms with Crippen LogP contribution in [0.2, 0.25) is 0 Å². The van der Waals surface area contributed by atoms with Gasteiger partial charge in [-0.25, -0.2) is 18.7 Å². The Morgan fingerprint density at radius 1 is 1.24 bits per heavy atom. The number of rotatable bonds is 2. The Morgan fingerprint density at radius 3 is 2.71 bits per heavy atom. The van der Waals surface area contributed by atoms with Crippen LogP contribution >= 0.6 is 0 Å². The van der Waals surface area contributed by atoms with Gasteiger partial charge >= 0.3 is 0 Å². The first-order chi connectivity index (χ1) is 10.0. The molecule has 1 amide bonds. The van der Waals surface area contributed by atoms with Crippen molar-refractivity contribution in [2.45, 2.75) is 0 Å². The molecule has 6 nitrogen and oxygen atoms in total. The van der Waals surface area contributed by atoms with E-state index in [0.717, 1.165) is 12.1 Å². The van der Waals surface area contributed by atoms with Crippen molar-refractivity contribution in [1.29, 1.82) is 0 Å². The summed E-state index contributed by atoms with van der Waals surface area (Å²) in [6, 6.07) is 4.90. The average molecular weight is 289 g/mol. The van der Waals surface area contributed by atoms with Gasteiger partial charge in [0.2, 0.25) is 5.95 Å². The maximum absolute atomic E-state index is 13.1. The number of nitrogens with two attached hydrogens (primary N) is 1. The number of nitrogen functional groups attached to an aromatic ring is 1. The normalized spacial score (nSPS) is 10.8. The lowest BCUT2D eigenvalue weighted by atomic mass is 10.2. The summed E-state index contributed by atoms with van der Waals surface area (Å²) >= 11 is 0. The largest absolute Gasteiger partial charge is 0.384 e. The number of imidazole rings is 1. The number of aromatic amines is 1. The molecule has 0 bridgehead atoms. The van der Waals surface area contributed by atoms with Crippen LogP contribution in [0.4, 0.5) is 20.5 Å². The number of hydrogen-bond donors (Lipinski definition) is 3. The van der Waals surface area contributed by atoms with Crippen molar-refractivity contribution in [2.24, 2.45) is 0 Å². The van der Waals surface area contributed by atoms with Gasteiger partial charge < -0.3 is 10.7 Å². The third kappa shape index (κ3) is 2.50. The van der Waals surface area contributed by atoms with E-state index in [0.29, 0.717) is 5.82 Å². The zero-order chi connectivity index (χ0) is 15.0. The number of hydrogen-bond acceptors (Lipinski definition) is 4. The molecule has 0 saturated heterocycles. The summed E-state index contributed by atoms with van der Waals surface area (Å²) in [7, 11) is 0. The first kappa shape index (κ1) is 13.0. The predicted molar refractivity (Wildman–Crippen MR) is 72.6 cm³/mol. The fourth-order valence-corrected chi connectivity index (χ4v) is 1.78. The summed E-state index contributed by atoms with van der Waals surface area (Å²) in [5.74, 6) is -2.10. The van der Waals surface area contributed by atoms with Crippen LogP contribution in [0.3, 0.4) is 0 Å². The zero-order valence-corrected chi connectivity index (χ0v) is 10.5. The van der Waals surface area contributed by atoms with Crippen molar-refractivity contribution in [3.63, 3.8) is 0 Å². The minimum Gasteiger partial charge on any atom is -0.384 e. The highest BCUT2D eigenvalue weighted by Gasteiger charge is 2.12. The van der Waals surface area contributed by atoms with Gasteiger partial charge in [-0.2, -0.15) is 0 Å². The SMILES string of the molecule is Nc1ccc(C(=O)Nc2nc3cc(F)c(F)cc3[nH]2)cn1. The standard InChI is InChI=1S/C13H9F2N5O/c14-7-3-9-10(4-8(7)15)19-13(18-9)20-12(21)6-1-2-11(16)17-5-6/h1-5H,(H2,16,17)(H2,18,19,20,21). The predicted octanol–water partition coefficient (Wildman–Crippen LogP) is 2.07. The molecule has 0 aliphatic heterocycles. The summed E-state index contributed by atoms with van der Waals surface area (Å²) in [4.78, 5) is 22.4. The first-order valence-electron chi connectivity index (χ1n) is 5.90. The summed E-state index contributed by atoms with van der Waals surface area (Å²) < 4.78 is 26.2. The monoisotopic (exact) mass is 289 g/mol. The molecule has 0 unspecified atom stereocenters. The number of nitrogens with one attached hydrogen (secondary N) is 2. The fraction of sp³-hybridized carbons (Fsp3) is 0. The van der Waals surface area contributed by atoms with E-state index in [1.54, 1.807) is 0 Å². The van der Waals surface area contributed by atoms with Gasteiger partial charge in [0.25, 0.3) is 5.91 Å². The van der Waals surface area contributed by atoms with Gasteiger partial charge in [0, 0.05) is 18.3 Å². The third-order valence-electron chi connectivity index (χ3n) is 2.80. The molecule has 106 valence electrons. The van der Waals surface area contributed by atoms with Crippen LogP contribution < -0.4 is 11.1 Å². The lowest BCUT2D eigenvalue weighted by Crippen LogP contribution is -2.13. The molecule has 3 rings (SSSR count). The van der Waals surface area contributed by atoms with Crippen molar-refractivity contribution in [3.05, 3.63) is 47.7 Å². The Balaban J connectivity index is 1.87. The number of pyridine rings is 1. The van der Waals surface area contributed by atoms with Crippen LogP contribution in [-0.2, 0) is 0 Å². The molecule has 21 heavy (non-hydrogen) atoms. The number of H-pyrrole nitrogens is 1. The average Bonchev–Trinajstić information content (AvgIpc) is 2.81. The summed E-state index contributed by atoms with van der Waals surface area (Å²) in [6.45, 7) is 0. The van der Waals surface area contributed by atoms with E-state index in [1.165, 1.54) is 18.3 Å². The molecule has 0 fully saturated rings. The van der Waals surface area contributed by atoms with Crippen LogP contribution in [0, 0.1) is 11.6 Å². The number of benzene rings is 1. The topological polar surface area (TPSA) is 96.7 Å². The highest BCUT2D eigenvalue weighted by atomic mass is 19.2. The van der Waals surface area contributed by atoms with Crippen LogP contribution in [0.15, 0.2) is 30.5 Å². The molecule has 1 aromatic carbocycles. The van der Waals surface area contributed by atoms with Gasteiger partial charge in [0.1, 0.15) is 5.82 Å². The minimum absolute atomic E-state index is 0.0804. The fourth-order valence-electron chi connectivity index (χ4n) is 1.78. The molecule has 0 radical (unpaired) electrons. The van der Waals surface area contributed by atoms with Gasteiger partial charge in [-0.3, -0.25) is 10.1 Å². The number of nitrogens with zero attached hydrogens (tertiary/aromatic N) is 2. The Labute approximate surface area is 117 Å². The molecule has 0 aliphatic carbocycles. The maximum Gasteiger partial charge on any atom is 0.259 e. The van der Waals surface area contributed by atoms with Crippen LogP contribution in [0.25, 0.3) is 11.0 Å². The second-order valence-electron chi connectivity index (χ2n) is 4.29. The smallest absolute Gasteiger partial charge is 0.259 e. The zero-order valence-electron chi connectivity index (χ0n) is 10.5. The van der Waals surface area contributed by atoms with Gasteiger partial charge in [-0.15, -0.1) is 0 Å². The van der Waals surface area contributed by atoms with Crippen LogP contribution in [0.1, 0.15) is 10.4 Å². The molecule has 0 spiro atoms. The van der Waals surface area contributed by atoms with Crippen LogP contribution in [-0.4, -0.2) is 20.9 Å². The third-order valence-corrected chi connectivity index (χ3v) is 2.80. The van der Waals surface area contributed by atoms with Crippen molar-refractivity contribution in [3.8, 4) is 0 Å². The Morgan fingerprint density at radius 2 is 2.00 bits per heavy atom. The van der Waals surface area contributed by atoms with E-state index in [9.17, 15) is 13.6 Å². The Bertz CT molecular complexity index is 789. The van der Waals surface area contributed by atoms with E-state index in [4.69, 9.17) is 5.73 Å². The molecule has 2 aromatic heterocycles. The Kier molecular flexibility index (Phi) is 2.98. The summed E-state index contributed by atoms with van der Waals surface area (Å²) in [6.07, 6.45) is 1.31. The molecule has 0 atom stereocenters. The highest BCUT2D eigenvalue weighted by Crippen LogP contribution is 2.18. The molecule has 0 saturated carbocycles. The van der Waals surface area contributed by atoms with Gasteiger partial charge in [-0.1, -0.05) is 0 Å². The highest BCUT2D eigenvalue weighted by molar-refractivity contribution is 6.03. The molecular weight excluding hydrogens is 280 g/mol. The van der Waals surface area contributed by atoms with E-state index in [-0.39, 0.29) is 22.5 Å². The number of halogens is 2. The number of amides is 1. The molecule has 2 heterocycles. The quantitative estimate of drug-likeness (QED) is 0.672. The summed E-state index contributed by atoms with van der Waals surface area (Å²) in [5, 5.41) is 2.47. The first-order valence-corrected chi connectivity index (χ1v) is 5.90. The lowest BCUT2D eigenvalue weighted by molar-refractivity contribution is 0.102. The second-order valence-corrected chi connectivity index (χ2v) is 4.29. The summed E-state index contributed by atoms with van der Waals surface area (Å²) in [5.41, 5.74) is 6.19. The minimum atomic E-state index is -1.00. The van der Waals surface area contributed by atoms with Crippen molar-refractivity contribution in [1.82, 2.24) is 15.0 Å². The molecule has 0 aliphatic rings. The van der Waals surface area contributed by atoms with Crippen molar-refractivity contribution in [2.75, 3.05) is 11.1 Å². The van der Waals surface area contributed by atoms with Crippen molar-refractivity contribution >= 4 is 28.7 Å². The van der Waals surface area contributed by atoms with E-state index in [2.05, 4.69) is 20.3 Å². The number of aromatic nitrogens is 3. The lowest BCUT2D eigenvalue weighted by Gasteiger charge is -2.01. The van der Waals surface area contributed by atoms with Gasteiger partial charge in [0.15, 0.2) is 11.6 Å². The number of anilines is 2. The van der Waals surface area contributed by atoms with Gasteiger partial charge in [0.05, 0.1) is 16.6 Å². The number of fused-ring (bicyclic) bond motifs is 1. The van der Waals surface area contributed by atoms with Crippen LogP contribution in [0.5, 0.6) is 0 Å². The van der Waals surface area contributed by atoms with Gasteiger partial charge in [-0.05, 0) is 12.1 Å². The Hall–Kier alpha value is -3.03. The molecule has 8 heteroatoms. The molecule has 4 N–H and O–H groups in total. The maximum atomic E-state index is 13.1. The molecule has 3 aromatic rings. The van der Waals surface area contributed by atoms with Crippen molar-refractivity contribution < 1.29 is 13.6 Å².